The Morgan fingerprint density at radius 3 is 2.59 bits per heavy atom. The summed E-state index contributed by atoms with van der Waals surface area (Å²) in [6.07, 6.45) is 4.86. The van der Waals surface area contributed by atoms with Gasteiger partial charge in [-0.05, 0) is 37.8 Å². The van der Waals surface area contributed by atoms with Crippen molar-refractivity contribution in [2.45, 2.75) is 57.2 Å². The highest BCUT2D eigenvalue weighted by molar-refractivity contribution is 5.90. The number of hydrogen-bond acceptors (Lipinski definition) is 4. The number of nitrogens with zero attached hydrogens (tertiary/aromatic N) is 4. The molecule has 0 aliphatic carbocycles. The second-order valence-corrected chi connectivity index (χ2v) is 7.25. The lowest BCUT2D eigenvalue weighted by Gasteiger charge is -2.35. The Labute approximate surface area is 164 Å². The SMILES string of the molecule is CCc1nc(C(=O)N(C)C2CC3CCC(C2)N3)nn1-c1ccccc1F.Cl. The number of halogens is 2. The maximum Gasteiger partial charge on any atom is 0.293 e. The van der Waals surface area contributed by atoms with Crippen LogP contribution in [0.4, 0.5) is 4.39 Å². The van der Waals surface area contributed by atoms with Crippen molar-refractivity contribution in [1.82, 2.24) is 25.0 Å². The number of benzene rings is 1. The van der Waals surface area contributed by atoms with E-state index >= 15 is 0 Å². The molecular formula is C19H25ClFN5O. The van der Waals surface area contributed by atoms with Crippen LogP contribution in [0.5, 0.6) is 0 Å². The van der Waals surface area contributed by atoms with Gasteiger partial charge in [-0.3, -0.25) is 4.79 Å². The topological polar surface area (TPSA) is 63.1 Å². The van der Waals surface area contributed by atoms with Crippen LogP contribution in [0.1, 0.15) is 49.1 Å². The maximum atomic E-state index is 14.2. The molecule has 27 heavy (non-hydrogen) atoms. The van der Waals surface area contributed by atoms with Crippen LogP contribution < -0.4 is 5.32 Å². The summed E-state index contributed by atoms with van der Waals surface area (Å²) in [5, 5.41) is 7.93. The van der Waals surface area contributed by atoms with Gasteiger partial charge in [0.15, 0.2) is 0 Å². The molecule has 8 heteroatoms. The van der Waals surface area contributed by atoms with E-state index in [1.807, 2.05) is 14.0 Å². The molecule has 6 nitrogen and oxygen atoms in total. The fraction of sp³-hybridized carbons (Fsp3) is 0.526. The minimum atomic E-state index is -0.380. The van der Waals surface area contributed by atoms with E-state index in [1.54, 1.807) is 23.1 Å². The molecule has 0 radical (unpaired) electrons. The smallest absolute Gasteiger partial charge is 0.293 e. The van der Waals surface area contributed by atoms with Crippen molar-refractivity contribution in [3.8, 4) is 5.69 Å². The Morgan fingerprint density at radius 2 is 1.96 bits per heavy atom. The Morgan fingerprint density at radius 1 is 1.30 bits per heavy atom. The van der Waals surface area contributed by atoms with Gasteiger partial charge in [0.05, 0.1) is 0 Å². The normalized spacial score (nSPS) is 23.7. The van der Waals surface area contributed by atoms with Crippen LogP contribution in [0.25, 0.3) is 5.69 Å². The lowest BCUT2D eigenvalue weighted by molar-refractivity contribution is 0.0669. The first-order chi connectivity index (χ1) is 12.6. The summed E-state index contributed by atoms with van der Waals surface area (Å²) in [7, 11) is 1.83. The third-order valence-electron chi connectivity index (χ3n) is 5.58. The molecule has 2 aromatic rings. The van der Waals surface area contributed by atoms with Gasteiger partial charge < -0.3 is 10.2 Å². The van der Waals surface area contributed by atoms with Crippen LogP contribution >= 0.6 is 12.4 Å². The second-order valence-electron chi connectivity index (χ2n) is 7.25. The number of piperidine rings is 1. The van der Waals surface area contributed by atoms with E-state index in [0.29, 0.717) is 30.0 Å². The fourth-order valence-corrected chi connectivity index (χ4v) is 4.15. The lowest BCUT2D eigenvalue weighted by atomic mass is 9.98. The monoisotopic (exact) mass is 393 g/mol. The predicted octanol–water partition coefficient (Wildman–Crippen LogP) is 2.75. The molecule has 2 aliphatic rings. The molecule has 2 fully saturated rings. The molecular weight excluding hydrogens is 369 g/mol. The molecule has 1 N–H and O–H groups in total. The van der Waals surface area contributed by atoms with Crippen LogP contribution in [-0.4, -0.2) is 50.7 Å². The van der Waals surface area contributed by atoms with E-state index in [2.05, 4.69) is 15.4 Å². The van der Waals surface area contributed by atoms with Crippen molar-refractivity contribution in [3.63, 3.8) is 0 Å². The quantitative estimate of drug-likeness (QED) is 0.867. The largest absolute Gasteiger partial charge is 0.336 e. The number of para-hydroxylation sites is 1. The molecule has 2 aliphatic heterocycles. The molecule has 4 rings (SSSR count). The number of hydrogen-bond donors (Lipinski definition) is 1. The van der Waals surface area contributed by atoms with E-state index in [9.17, 15) is 9.18 Å². The highest BCUT2D eigenvalue weighted by Gasteiger charge is 2.37. The van der Waals surface area contributed by atoms with E-state index in [1.165, 1.54) is 23.6 Å². The number of carbonyl (C=O) groups is 1. The third-order valence-corrected chi connectivity index (χ3v) is 5.58. The van der Waals surface area contributed by atoms with Gasteiger partial charge in [0.2, 0.25) is 5.82 Å². The van der Waals surface area contributed by atoms with Gasteiger partial charge in [0.25, 0.3) is 5.91 Å². The first-order valence-corrected chi connectivity index (χ1v) is 9.31. The number of fused-ring (bicyclic) bond motifs is 2. The zero-order chi connectivity index (χ0) is 18.3. The number of nitrogens with one attached hydrogen (secondary N) is 1. The molecule has 1 aromatic carbocycles. The van der Waals surface area contributed by atoms with E-state index in [-0.39, 0.29) is 36.0 Å². The second kappa shape index (κ2) is 7.94. The van der Waals surface area contributed by atoms with Crippen molar-refractivity contribution in [2.75, 3.05) is 7.05 Å². The Kier molecular flexibility index (Phi) is 5.81. The molecule has 2 bridgehead atoms. The van der Waals surface area contributed by atoms with Crippen LogP contribution in [0.15, 0.2) is 24.3 Å². The van der Waals surface area contributed by atoms with Gasteiger partial charge in [-0.2, -0.15) is 0 Å². The summed E-state index contributed by atoms with van der Waals surface area (Å²) in [6, 6.07) is 7.62. The molecule has 2 saturated heterocycles. The van der Waals surface area contributed by atoms with Crippen LogP contribution in [-0.2, 0) is 6.42 Å². The van der Waals surface area contributed by atoms with Crippen molar-refractivity contribution in [3.05, 3.63) is 41.7 Å². The predicted molar refractivity (Wildman–Crippen MR) is 103 cm³/mol. The van der Waals surface area contributed by atoms with E-state index in [4.69, 9.17) is 0 Å². The number of aromatic nitrogens is 3. The van der Waals surface area contributed by atoms with Crippen molar-refractivity contribution in [1.29, 1.82) is 0 Å². The summed E-state index contributed by atoms with van der Waals surface area (Å²) in [5.74, 6) is 0.145. The summed E-state index contributed by atoms with van der Waals surface area (Å²) in [5.41, 5.74) is 0.318. The molecule has 3 heterocycles. The van der Waals surface area contributed by atoms with Crippen LogP contribution in [0.2, 0.25) is 0 Å². The molecule has 1 aromatic heterocycles. The minimum Gasteiger partial charge on any atom is -0.336 e. The number of amides is 1. The molecule has 0 saturated carbocycles. The molecule has 2 unspecified atom stereocenters. The van der Waals surface area contributed by atoms with Gasteiger partial charge in [-0.15, -0.1) is 17.5 Å². The molecule has 1 amide bonds. The maximum absolute atomic E-state index is 14.2. The van der Waals surface area contributed by atoms with Crippen LogP contribution in [0, 0.1) is 5.82 Å². The van der Waals surface area contributed by atoms with E-state index < -0.39 is 0 Å². The standard InChI is InChI=1S/C19H24FN5O.ClH/c1-3-17-22-18(23-25(17)16-7-5-4-6-15(16)20)19(26)24(2)14-10-12-8-9-13(11-14)21-12;/h4-7,12-14,21H,3,8-11H2,1-2H3;1H. The summed E-state index contributed by atoms with van der Waals surface area (Å²) in [6.45, 7) is 1.92. The van der Waals surface area contributed by atoms with E-state index in [0.717, 1.165) is 12.8 Å². The van der Waals surface area contributed by atoms with Gasteiger partial charge in [-0.1, -0.05) is 19.1 Å². The van der Waals surface area contributed by atoms with Gasteiger partial charge in [-0.25, -0.2) is 14.1 Å². The number of aryl methyl sites for hydroxylation is 1. The number of rotatable bonds is 4. The van der Waals surface area contributed by atoms with Gasteiger partial charge >= 0.3 is 0 Å². The Balaban J connectivity index is 0.00000210. The molecule has 2 atom stereocenters. The lowest BCUT2D eigenvalue weighted by Crippen LogP contribution is -2.48. The Bertz CT molecular complexity index is 814. The van der Waals surface area contributed by atoms with Crippen molar-refractivity contribution >= 4 is 18.3 Å². The summed E-state index contributed by atoms with van der Waals surface area (Å²) in [4.78, 5) is 19.1. The van der Waals surface area contributed by atoms with Crippen molar-refractivity contribution < 1.29 is 9.18 Å². The molecule has 0 spiro atoms. The number of carbonyl (C=O) groups excluding carboxylic acids is 1. The minimum absolute atomic E-state index is 0. The first-order valence-electron chi connectivity index (χ1n) is 9.31. The average Bonchev–Trinajstić information content (AvgIpc) is 3.23. The third kappa shape index (κ3) is 3.71. The first kappa shape index (κ1) is 19.8. The summed E-state index contributed by atoms with van der Waals surface area (Å²) < 4.78 is 15.6. The zero-order valence-corrected chi connectivity index (χ0v) is 16.4. The van der Waals surface area contributed by atoms with Gasteiger partial charge in [0.1, 0.15) is 17.3 Å². The highest BCUT2D eigenvalue weighted by Crippen LogP contribution is 2.29. The van der Waals surface area contributed by atoms with Gasteiger partial charge in [0, 0.05) is 31.6 Å². The van der Waals surface area contributed by atoms with Crippen molar-refractivity contribution in [2.24, 2.45) is 0 Å². The average molecular weight is 394 g/mol. The highest BCUT2D eigenvalue weighted by atomic mass is 35.5. The fourth-order valence-electron chi connectivity index (χ4n) is 4.15. The van der Waals surface area contributed by atoms with Crippen LogP contribution in [0.3, 0.4) is 0 Å². The molecule has 146 valence electrons. The Hall–Kier alpha value is -1.99. The summed E-state index contributed by atoms with van der Waals surface area (Å²) >= 11 is 0. The zero-order valence-electron chi connectivity index (χ0n) is 15.6.